The fraction of sp³-hybridized carbons (Fsp3) is 0. The zero-order valence-electron chi connectivity index (χ0n) is 2.59. The quantitative estimate of drug-likeness (QED) is 0.219. The largest absolute Gasteiger partial charge is 1.00 e. The molecule has 0 aliphatic heterocycles. The second-order valence-electron chi connectivity index (χ2n) is 0.134. The summed E-state index contributed by atoms with van der Waals surface area (Å²) in [5.74, 6) is 0. The van der Waals surface area contributed by atoms with Gasteiger partial charge in [-0.3, -0.25) is 6.58 Å². The van der Waals surface area contributed by atoms with Gasteiger partial charge in [-0.1, -0.05) is 0 Å². The summed E-state index contributed by atoms with van der Waals surface area (Å²) in [4.78, 5) is 0. The average molecular weight is 52.0 g/mol. The van der Waals surface area contributed by atoms with Gasteiger partial charge in [0.25, 0.3) is 0 Å². The molecular formula is C2H2FLi. The van der Waals surface area contributed by atoms with Gasteiger partial charge in [0.2, 0.25) is 0 Å². The molecule has 0 fully saturated rings. The molecule has 0 amide bonds. The molecule has 0 saturated carbocycles. The van der Waals surface area contributed by atoms with Crippen LogP contribution < -0.4 is 18.9 Å². The SMILES string of the molecule is C=[C-]F.[Li+]. The minimum absolute atomic E-state index is 0. The first kappa shape index (κ1) is 8.86. The molecule has 0 unspecified atom stereocenters. The molecule has 0 aromatic carbocycles. The Bertz CT molecular complexity index is 13.5. The summed E-state index contributed by atoms with van der Waals surface area (Å²) in [7, 11) is 0. The van der Waals surface area contributed by atoms with Gasteiger partial charge in [-0.2, -0.15) is 0 Å². The van der Waals surface area contributed by atoms with Crippen LogP contribution in [0.25, 0.3) is 0 Å². The molecule has 0 heterocycles. The molecule has 0 aromatic rings. The summed E-state index contributed by atoms with van der Waals surface area (Å²) in [6.07, 6.45) is 1.00. The van der Waals surface area contributed by atoms with Crippen LogP contribution >= 0.6 is 0 Å². The maximum Gasteiger partial charge on any atom is 1.00 e. The van der Waals surface area contributed by atoms with Crippen LogP contribution in [0.2, 0.25) is 0 Å². The van der Waals surface area contributed by atoms with E-state index in [0.717, 1.165) is 6.33 Å². The molecule has 0 radical (unpaired) electrons. The van der Waals surface area contributed by atoms with Crippen molar-refractivity contribution in [3.05, 3.63) is 12.9 Å². The summed E-state index contributed by atoms with van der Waals surface area (Å²) in [6, 6.07) is 0. The Labute approximate surface area is 36.9 Å². The summed E-state index contributed by atoms with van der Waals surface area (Å²) >= 11 is 0. The van der Waals surface area contributed by atoms with Gasteiger partial charge in [-0.15, -0.1) is 0 Å². The first-order valence-corrected chi connectivity index (χ1v) is 0.543. The maximum absolute atomic E-state index is 9.93. The Hall–Kier alpha value is 0.267. The molecule has 0 aliphatic rings. The van der Waals surface area contributed by atoms with Gasteiger partial charge < -0.3 is 10.7 Å². The van der Waals surface area contributed by atoms with Crippen LogP contribution in [0.4, 0.5) is 4.39 Å². The summed E-state index contributed by atoms with van der Waals surface area (Å²) in [5.41, 5.74) is 0. The molecule has 4 heavy (non-hydrogen) atoms. The van der Waals surface area contributed by atoms with Crippen molar-refractivity contribution in [3.63, 3.8) is 0 Å². The van der Waals surface area contributed by atoms with Crippen molar-refractivity contribution in [2.45, 2.75) is 0 Å². The smallest absolute Gasteiger partial charge is 0.459 e. The van der Waals surface area contributed by atoms with Crippen LogP contribution in [0, 0.1) is 6.33 Å². The summed E-state index contributed by atoms with van der Waals surface area (Å²) < 4.78 is 9.93. The molecule has 0 bridgehead atoms. The van der Waals surface area contributed by atoms with E-state index >= 15 is 0 Å². The molecule has 0 atom stereocenters. The molecule has 0 aliphatic carbocycles. The van der Waals surface area contributed by atoms with Crippen molar-refractivity contribution in [2.75, 3.05) is 0 Å². The molecule has 2 heteroatoms. The topological polar surface area (TPSA) is 0 Å². The second-order valence-corrected chi connectivity index (χ2v) is 0.134. The molecule has 0 aromatic heterocycles. The van der Waals surface area contributed by atoms with Crippen LogP contribution in [-0.4, -0.2) is 0 Å². The first-order chi connectivity index (χ1) is 1.41. The standard InChI is InChI=1S/C2H2F.Li/c1-2-3;/h1H2;/q-1;+1. The zero-order chi connectivity index (χ0) is 2.71. The Morgan fingerprint density at radius 2 is 1.75 bits per heavy atom. The molecule has 0 N–H and O–H groups in total. The minimum Gasteiger partial charge on any atom is -0.459 e. The zero-order valence-corrected chi connectivity index (χ0v) is 2.59. The van der Waals surface area contributed by atoms with E-state index in [4.69, 9.17) is 0 Å². The van der Waals surface area contributed by atoms with Gasteiger partial charge in [-0.25, -0.2) is 0 Å². The van der Waals surface area contributed by atoms with Crippen LogP contribution in [0.3, 0.4) is 0 Å². The van der Waals surface area contributed by atoms with Crippen molar-refractivity contribution in [3.8, 4) is 0 Å². The van der Waals surface area contributed by atoms with Gasteiger partial charge >= 0.3 is 18.9 Å². The van der Waals surface area contributed by atoms with Crippen molar-refractivity contribution in [1.29, 1.82) is 0 Å². The molecule has 0 rings (SSSR count). The van der Waals surface area contributed by atoms with Gasteiger partial charge in [0, 0.05) is 0 Å². The van der Waals surface area contributed by atoms with Crippen molar-refractivity contribution >= 4 is 0 Å². The Kier molecular flexibility index (Phi) is 23.2. The molecule has 0 spiro atoms. The minimum atomic E-state index is 0. The van der Waals surface area contributed by atoms with Crippen molar-refractivity contribution in [2.24, 2.45) is 0 Å². The number of rotatable bonds is 0. The van der Waals surface area contributed by atoms with Crippen LogP contribution in [0.15, 0.2) is 6.58 Å². The van der Waals surface area contributed by atoms with Gasteiger partial charge in [0.05, 0.1) is 0 Å². The summed E-state index contributed by atoms with van der Waals surface area (Å²) in [5, 5.41) is 0. The molecule has 18 valence electrons. The van der Waals surface area contributed by atoms with E-state index in [0.29, 0.717) is 0 Å². The van der Waals surface area contributed by atoms with E-state index in [1.165, 1.54) is 0 Å². The number of hydrogen-bond acceptors (Lipinski definition) is 0. The number of hydrogen-bond donors (Lipinski definition) is 0. The molecule has 0 nitrogen and oxygen atoms in total. The predicted molar refractivity (Wildman–Crippen MR) is 9.98 cm³/mol. The number of halogens is 1. The maximum atomic E-state index is 9.93. The third-order valence-corrected chi connectivity index (χ3v) is 0. The van der Waals surface area contributed by atoms with E-state index < -0.39 is 0 Å². The van der Waals surface area contributed by atoms with Gasteiger partial charge in [0.15, 0.2) is 0 Å². The van der Waals surface area contributed by atoms with Crippen molar-refractivity contribution in [1.82, 2.24) is 0 Å². The molecule has 0 saturated heterocycles. The average Bonchev–Trinajstić information content (AvgIpc) is 0.918. The van der Waals surface area contributed by atoms with Crippen LogP contribution in [-0.2, 0) is 0 Å². The normalized spacial score (nSPS) is 3.25. The summed E-state index contributed by atoms with van der Waals surface area (Å²) in [6.45, 7) is 2.57. The van der Waals surface area contributed by atoms with Crippen LogP contribution in [0.5, 0.6) is 0 Å². The third kappa shape index (κ3) is 50.9. The first-order valence-electron chi connectivity index (χ1n) is 0.543. The van der Waals surface area contributed by atoms with Crippen LogP contribution in [0.1, 0.15) is 0 Å². The van der Waals surface area contributed by atoms with E-state index in [2.05, 4.69) is 6.58 Å². The van der Waals surface area contributed by atoms with Crippen molar-refractivity contribution < 1.29 is 23.3 Å². The van der Waals surface area contributed by atoms with E-state index in [-0.39, 0.29) is 18.9 Å². The Morgan fingerprint density at radius 1 is 1.75 bits per heavy atom. The fourth-order valence-corrected chi connectivity index (χ4v) is 0. The van der Waals surface area contributed by atoms with E-state index in [9.17, 15) is 4.39 Å². The third-order valence-electron chi connectivity index (χ3n) is 0. The second kappa shape index (κ2) is 10.5. The van der Waals surface area contributed by atoms with E-state index in [1.807, 2.05) is 0 Å². The Balaban J connectivity index is 0. The monoisotopic (exact) mass is 52.0 g/mol. The fourth-order valence-electron chi connectivity index (χ4n) is 0. The molecular weight excluding hydrogens is 50.0 g/mol. The van der Waals surface area contributed by atoms with Gasteiger partial charge in [-0.05, 0) is 0 Å². The van der Waals surface area contributed by atoms with Gasteiger partial charge in [0.1, 0.15) is 0 Å². The Morgan fingerprint density at radius 3 is 1.75 bits per heavy atom. The van der Waals surface area contributed by atoms with E-state index in [1.54, 1.807) is 0 Å². The predicted octanol–water partition coefficient (Wildman–Crippen LogP) is -2.09.